The van der Waals surface area contributed by atoms with E-state index in [2.05, 4.69) is 47.8 Å². The van der Waals surface area contributed by atoms with E-state index in [1.807, 2.05) is 4.90 Å². The number of amides is 2. The average Bonchev–Trinajstić information content (AvgIpc) is 3.00. The smallest absolute Gasteiger partial charge is 0.317 e. The first kappa shape index (κ1) is 14.4. The lowest BCUT2D eigenvalue weighted by Gasteiger charge is -2.61. The molecule has 2 amide bonds. The zero-order valence-corrected chi connectivity index (χ0v) is 13.4. The number of nitrogens with one attached hydrogen (secondary N) is 1. The van der Waals surface area contributed by atoms with E-state index in [4.69, 9.17) is 0 Å². The van der Waals surface area contributed by atoms with Gasteiger partial charge in [-0.2, -0.15) is 0 Å². The van der Waals surface area contributed by atoms with Crippen molar-refractivity contribution in [2.24, 2.45) is 5.41 Å². The summed E-state index contributed by atoms with van der Waals surface area (Å²) < 4.78 is 2.18. The summed E-state index contributed by atoms with van der Waals surface area (Å²) in [6.07, 6.45) is 2.92. The first-order valence-corrected chi connectivity index (χ1v) is 7.79. The lowest BCUT2D eigenvalue weighted by Crippen LogP contribution is -2.72. The van der Waals surface area contributed by atoms with Crippen LogP contribution >= 0.6 is 0 Å². The van der Waals surface area contributed by atoms with E-state index in [-0.39, 0.29) is 17.0 Å². The summed E-state index contributed by atoms with van der Waals surface area (Å²) in [7, 11) is 0. The number of hydrogen-bond donors (Lipinski definition) is 1. The zero-order valence-electron chi connectivity index (χ0n) is 13.4. The molecule has 6 nitrogen and oxygen atoms in total. The number of aromatic nitrogens is 3. The minimum atomic E-state index is -0.0901. The predicted molar refractivity (Wildman–Crippen MR) is 80.0 cm³/mol. The number of fused-ring (bicyclic) bond motifs is 1. The second-order valence-corrected chi connectivity index (χ2v) is 7.30. The molecule has 3 rings (SSSR count). The highest BCUT2D eigenvalue weighted by Crippen LogP contribution is 2.46. The van der Waals surface area contributed by atoms with Gasteiger partial charge in [-0.15, -0.1) is 10.2 Å². The molecule has 2 aliphatic heterocycles. The van der Waals surface area contributed by atoms with Gasteiger partial charge in [-0.05, 0) is 20.3 Å². The van der Waals surface area contributed by atoms with Crippen molar-refractivity contribution in [3.8, 4) is 0 Å². The molecule has 0 aliphatic carbocycles. The molecule has 0 radical (unpaired) electrons. The van der Waals surface area contributed by atoms with Gasteiger partial charge in [0.1, 0.15) is 11.6 Å². The molecule has 2 aliphatic rings. The van der Waals surface area contributed by atoms with Crippen LogP contribution in [0.25, 0.3) is 0 Å². The maximum Gasteiger partial charge on any atom is 0.317 e. The molecular formula is C15H25N5O. The van der Waals surface area contributed by atoms with Crippen molar-refractivity contribution in [3.05, 3.63) is 11.6 Å². The molecule has 6 heteroatoms. The highest BCUT2D eigenvalue weighted by atomic mass is 16.2. The van der Waals surface area contributed by atoms with Gasteiger partial charge in [0.2, 0.25) is 0 Å². The van der Waals surface area contributed by atoms with Crippen molar-refractivity contribution < 1.29 is 4.79 Å². The van der Waals surface area contributed by atoms with E-state index in [0.29, 0.717) is 6.54 Å². The van der Waals surface area contributed by atoms with Crippen molar-refractivity contribution in [2.45, 2.75) is 59.0 Å². The number of carbonyl (C=O) groups excluding carboxylic acids is 1. The molecule has 21 heavy (non-hydrogen) atoms. The first-order valence-electron chi connectivity index (χ1n) is 7.79. The van der Waals surface area contributed by atoms with Crippen molar-refractivity contribution in [2.75, 3.05) is 13.1 Å². The minimum Gasteiger partial charge on any atom is -0.338 e. The van der Waals surface area contributed by atoms with E-state index in [0.717, 1.165) is 44.0 Å². The molecule has 1 fully saturated rings. The molecule has 0 bridgehead atoms. The second-order valence-electron chi connectivity index (χ2n) is 7.30. The van der Waals surface area contributed by atoms with Crippen molar-refractivity contribution in [1.29, 1.82) is 0 Å². The van der Waals surface area contributed by atoms with Gasteiger partial charge in [0, 0.05) is 43.4 Å². The van der Waals surface area contributed by atoms with Crippen LogP contribution in [0.5, 0.6) is 0 Å². The van der Waals surface area contributed by atoms with Crippen LogP contribution in [0.4, 0.5) is 4.79 Å². The van der Waals surface area contributed by atoms with Crippen LogP contribution in [0, 0.1) is 5.41 Å². The van der Waals surface area contributed by atoms with Crippen LogP contribution in [0.15, 0.2) is 0 Å². The SMILES string of the molecule is CC1(C)CN(C(=O)NCCc2nnc3n2CCC3)C1(C)C. The lowest BCUT2D eigenvalue weighted by molar-refractivity contribution is -0.0806. The van der Waals surface area contributed by atoms with Crippen molar-refractivity contribution >= 4 is 6.03 Å². The van der Waals surface area contributed by atoms with Crippen LogP contribution in [-0.2, 0) is 19.4 Å². The fraction of sp³-hybridized carbons (Fsp3) is 0.800. The van der Waals surface area contributed by atoms with E-state index in [1.54, 1.807) is 0 Å². The molecular weight excluding hydrogens is 266 g/mol. The number of urea groups is 1. The van der Waals surface area contributed by atoms with Gasteiger partial charge in [-0.1, -0.05) is 13.8 Å². The molecule has 0 saturated carbocycles. The highest BCUT2D eigenvalue weighted by Gasteiger charge is 2.54. The molecule has 0 unspecified atom stereocenters. The first-order chi connectivity index (χ1) is 9.83. The Balaban J connectivity index is 1.51. The Morgan fingerprint density at radius 3 is 2.71 bits per heavy atom. The van der Waals surface area contributed by atoms with Gasteiger partial charge in [0.25, 0.3) is 0 Å². The lowest BCUT2D eigenvalue weighted by atomic mass is 9.65. The van der Waals surface area contributed by atoms with Crippen molar-refractivity contribution in [1.82, 2.24) is 25.0 Å². The third-order valence-corrected chi connectivity index (χ3v) is 5.44. The predicted octanol–water partition coefficient (Wildman–Crippen LogP) is 1.60. The van der Waals surface area contributed by atoms with Gasteiger partial charge in [-0.25, -0.2) is 4.79 Å². The number of rotatable bonds is 3. The van der Waals surface area contributed by atoms with Gasteiger partial charge < -0.3 is 14.8 Å². The Labute approximate surface area is 125 Å². The Bertz CT molecular complexity index is 560. The highest BCUT2D eigenvalue weighted by molar-refractivity contribution is 5.76. The third-order valence-electron chi connectivity index (χ3n) is 5.44. The van der Waals surface area contributed by atoms with E-state index < -0.39 is 0 Å². The van der Waals surface area contributed by atoms with Gasteiger partial charge in [-0.3, -0.25) is 0 Å². The van der Waals surface area contributed by atoms with Crippen LogP contribution in [0.1, 0.15) is 45.8 Å². The second kappa shape index (κ2) is 4.71. The Morgan fingerprint density at radius 2 is 2.05 bits per heavy atom. The molecule has 1 aromatic heterocycles. The molecule has 0 spiro atoms. The molecule has 1 N–H and O–H groups in total. The molecule has 0 aromatic carbocycles. The average molecular weight is 291 g/mol. The fourth-order valence-corrected chi connectivity index (χ4v) is 3.16. The summed E-state index contributed by atoms with van der Waals surface area (Å²) in [6, 6.07) is 0.0282. The minimum absolute atomic E-state index is 0.0282. The third kappa shape index (κ3) is 2.21. The Hall–Kier alpha value is -1.59. The Morgan fingerprint density at radius 1 is 1.29 bits per heavy atom. The number of nitrogens with zero attached hydrogens (tertiary/aromatic N) is 4. The summed E-state index contributed by atoms with van der Waals surface area (Å²) in [5, 5.41) is 11.4. The summed E-state index contributed by atoms with van der Waals surface area (Å²) in [6.45, 7) is 11.1. The number of hydrogen-bond acceptors (Lipinski definition) is 3. The quantitative estimate of drug-likeness (QED) is 0.920. The van der Waals surface area contributed by atoms with Gasteiger partial charge in [0.15, 0.2) is 0 Å². The topological polar surface area (TPSA) is 63.1 Å². The summed E-state index contributed by atoms with van der Waals surface area (Å²) in [4.78, 5) is 14.2. The maximum atomic E-state index is 12.3. The summed E-state index contributed by atoms with van der Waals surface area (Å²) in [5.74, 6) is 2.08. The van der Waals surface area contributed by atoms with E-state index >= 15 is 0 Å². The Kier molecular flexibility index (Phi) is 3.22. The standard InChI is InChI=1S/C15H25N5O/c1-14(2)10-20(15(14,3)4)13(21)16-8-7-12-18-17-11-6-5-9-19(11)12/h5-10H2,1-4H3,(H,16,21). The van der Waals surface area contributed by atoms with Crippen LogP contribution < -0.4 is 5.32 Å². The van der Waals surface area contributed by atoms with Crippen molar-refractivity contribution in [3.63, 3.8) is 0 Å². The zero-order chi connectivity index (χ0) is 15.3. The van der Waals surface area contributed by atoms with E-state index in [9.17, 15) is 4.79 Å². The molecule has 0 atom stereocenters. The monoisotopic (exact) mass is 291 g/mol. The van der Waals surface area contributed by atoms with Crippen LogP contribution in [-0.4, -0.2) is 44.3 Å². The summed E-state index contributed by atoms with van der Waals surface area (Å²) >= 11 is 0. The van der Waals surface area contributed by atoms with Gasteiger partial charge in [0.05, 0.1) is 0 Å². The van der Waals surface area contributed by atoms with Crippen LogP contribution in [0.3, 0.4) is 0 Å². The van der Waals surface area contributed by atoms with Crippen LogP contribution in [0.2, 0.25) is 0 Å². The largest absolute Gasteiger partial charge is 0.338 e. The number of carbonyl (C=O) groups is 1. The number of likely N-dealkylation sites (tertiary alicyclic amines) is 1. The van der Waals surface area contributed by atoms with Gasteiger partial charge >= 0.3 is 6.03 Å². The molecule has 1 saturated heterocycles. The van der Waals surface area contributed by atoms with E-state index in [1.165, 1.54) is 0 Å². The maximum absolute atomic E-state index is 12.3. The fourth-order valence-electron chi connectivity index (χ4n) is 3.16. The molecule has 3 heterocycles. The number of aryl methyl sites for hydroxylation is 1. The molecule has 116 valence electrons. The summed E-state index contributed by atoms with van der Waals surface area (Å²) in [5.41, 5.74) is 0.0887. The molecule has 1 aromatic rings. The normalized spacial score (nSPS) is 21.8.